The standard InChI is InChI=1S/C30H26ClN3O2/c1-19-27(21-10-14-23(31)15-11-21)30-32-25-8-5-9-26(35)28(25)29(34(30)33-19)22-12-16-24(17-13-22)36-18-20-6-3-2-4-7-20/h2-4,6-7,10-17,29,32H,5,8-9,18H2,1H3/t29-/m0/s1. The molecule has 4 aromatic rings. The molecule has 1 aromatic heterocycles. The van der Waals surface area contributed by atoms with Gasteiger partial charge in [-0.2, -0.15) is 5.10 Å². The Bertz CT molecular complexity index is 1450. The predicted molar refractivity (Wildman–Crippen MR) is 142 cm³/mol. The van der Waals surface area contributed by atoms with E-state index in [0.717, 1.165) is 63.6 Å². The maximum atomic E-state index is 13.2. The second-order valence-electron chi connectivity index (χ2n) is 9.30. The molecule has 180 valence electrons. The molecule has 1 N–H and O–H groups in total. The van der Waals surface area contributed by atoms with Gasteiger partial charge in [-0.25, -0.2) is 4.68 Å². The highest BCUT2D eigenvalue weighted by atomic mass is 35.5. The fourth-order valence-electron chi connectivity index (χ4n) is 5.19. The number of ether oxygens (including phenoxy) is 1. The smallest absolute Gasteiger partial charge is 0.163 e. The fraction of sp³-hybridized carbons (Fsp3) is 0.200. The van der Waals surface area contributed by atoms with Crippen molar-refractivity contribution >= 4 is 23.2 Å². The van der Waals surface area contributed by atoms with E-state index < -0.39 is 0 Å². The van der Waals surface area contributed by atoms with Crippen LogP contribution in [0.4, 0.5) is 5.82 Å². The van der Waals surface area contributed by atoms with Gasteiger partial charge in [0.2, 0.25) is 0 Å². The zero-order chi connectivity index (χ0) is 24.6. The highest BCUT2D eigenvalue weighted by molar-refractivity contribution is 6.30. The Hall–Kier alpha value is -3.83. The molecule has 2 aliphatic rings. The fourth-order valence-corrected chi connectivity index (χ4v) is 5.31. The summed E-state index contributed by atoms with van der Waals surface area (Å²) in [5.41, 5.74) is 6.93. The molecule has 2 heterocycles. The lowest BCUT2D eigenvalue weighted by atomic mass is 9.85. The van der Waals surface area contributed by atoms with E-state index in [1.807, 2.05) is 90.5 Å². The lowest BCUT2D eigenvalue weighted by Gasteiger charge is -2.33. The van der Waals surface area contributed by atoms with Crippen molar-refractivity contribution in [1.82, 2.24) is 9.78 Å². The van der Waals surface area contributed by atoms with E-state index in [1.54, 1.807) is 0 Å². The van der Waals surface area contributed by atoms with Crippen LogP contribution >= 0.6 is 11.6 Å². The maximum absolute atomic E-state index is 13.2. The molecule has 1 atom stereocenters. The van der Waals surface area contributed by atoms with Gasteiger partial charge in [-0.05, 0) is 60.7 Å². The van der Waals surface area contributed by atoms with Crippen molar-refractivity contribution in [1.29, 1.82) is 0 Å². The largest absolute Gasteiger partial charge is 0.489 e. The van der Waals surface area contributed by atoms with Crippen molar-refractivity contribution in [2.24, 2.45) is 0 Å². The van der Waals surface area contributed by atoms with Crippen LogP contribution in [-0.2, 0) is 11.4 Å². The number of nitrogens with zero attached hydrogens (tertiary/aromatic N) is 2. The number of carbonyl (C=O) groups is 1. The molecule has 5 nitrogen and oxygen atoms in total. The van der Waals surface area contributed by atoms with E-state index in [-0.39, 0.29) is 11.8 Å². The molecule has 6 heteroatoms. The number of halogens is 1. The van der Waals surface area contributed by atoms with Gasteiger partial charge >= 0.3 is 0 Å². The number of nitrogens with one attached hydrogen (secondary N) is 1. The van der Waals surface area contributed by atoms with Crippen molar-refractivity contribution < 1.29 is 9.53 Å². The Kier molecular flexibility index (Phi) is 5.86. The molecule has 3 aromatic carbocycles. The van der Waals surface area contributed by atoms with Crippen molar-refractivity contribution in [3.8, 4) is 16.9 Å². The molecule has 1 aliphatic heterocycles. The van der Waals surface area contributed by atoms with Crippen molar-refractivity contribution in [3.05, 3.63) is 112 Å². The Morgan fingerprint density at radius 3 is 2.50 bits per heavy atom. The van der Waals surface area contributed by atoms with Crippen LogP contribution < -0.4 is 10.1 Å². The number of benzene rings is 3. The minimum absolute atomic E-state index is 0.185. The molecule has 0 bridgehead atoms. The van der Waals surface area contributed by atoms with Crippen LogP contribution in [0.15, 0.2) is 90.1 Å². The summed E-state index contributed by atoms with van der Waals surface area (Å²) in [7, 11) is 0. The Labute approximate surface area is 215 Å². The Morgan fingerprint density at radius 1 is 1.00 bits per heavy atom. The second-order valence-corrected chi connectivity index (χ2v) is 9.74. The molecule has 0 unspecified atom stereocenters. The summed E-state index contributed by atoms with van der Waals surface area (Å²) in [6.45, 7) is 2.52. The number of hydrogen-bond acceptors (Lipinski definition) is 4. The summed E-state index contributed by atoms with van der Waals surface area (Å²) in [6.07, 6.45) is 2.27. The van der Waals surface area contributed by atoms with Crippen LogP contribution in [0.5, 0.6) is 5.75 Å². The number of hydrogen-bond donors (Lipinski definition) is 1. The number of aromatic nitrogens is 2. The number of carbonyl (C=O) groups excluding carboxylic acids is 1. The number of aryl methyl sites for hydroxylation is 1. The first-order chi connectivity index (χ1) is 17.6. The van der Waals surface area contributed by atoms with Gasteiger partial charge in [0.15, 0.2) is 5.78 Å². The SMILES string of the molecule is Cc1nn2c(c1-c1ccc(Cl)cc1)NC1=C(C(=O)CCC1)[C@@H]2c1ccc(OCc2ccccc2)cc1. The molecular formula is C30H26ClN3O2. The lowest BCUT2D eigenvalue weighted by molar-refractivity contribution is -0.116. The average Bonchev–Trinajstić information content (AvgIpc) is 3.23. The summed E-state index contributed by atoms with van der Waals surface area (Å²) >= 11 is 6.14. The molecule has 6 rings (SSSR count). The normalized spacial score (nSPS) is 16.8. The third-order valence-electron chi connectivity index (χ3n) is 6.91. The van der Waals surface area contributed by atoms with E-state index in [9.17, 15) is 4.79 Å². The first kappa shape index (κ1) is 22.6. The van der Waals surface area contributed by atoms with Gasteiger partial charge in [-0.15, -0.1) is 0 Å². The lowest BCUT2D eigenvalue weighted by Crippen LogP contribution is -2.31. The van der Waals surface area contributed by atoms with E-state index in [2.05, 4.69) is 5.32 Å². The second kappa shape index (κ2) is 9.32. The van der Waals surface area contributed by atoms with Crippen molar-refractivity contribution in [2.45, 2.75) is 38.8 Å². The predicted octanol–water partition coefficient (Wildman–Crippen LogP) is 7.11. The number of Topliss-reactive ketones (excluding diaryl/α,β-unsaturated/α-hetero) is 1. The molecule has 36 heavy (non-hydrogen) atoms. The number of fused-ring (bicyclic) bond motifs is 1. The summed E-state index contributed by atoms with van der Waals surface area (Å²) < 4.78 is 7.97. The minimum Gasteiger partial charge on any atom is -0.489 e. The van der Waals surface area contributed by atoms with E-state index >= 15 is 0 Å². The van der Waals surface area contributed by atoms with Crippen LogP contribution in [0, 0.1) is 6.92 Å². The monoisotopic (exact) mass is 495 g/mol. The zero-order valence-corrected chi connectivity index (χ0v) is 20.8. The van der Waals surface area contributed by atoms with Gasteiger partial charge in [0.25, 0.3) is 0 Å². The van der Waals surface area contributed by atoms with E-state index in [4.69, 9.17) is 21.4 Å². The first-order valence-electron chi connectivity index (χ1n) is 12.2. The third-order valence-corrected chi connectivity index (χ3v) is 7.16. The molecule has 0 saturated carbocycles. The topological polar surface area (TPSA) is 56.2 Å². The Morgan fingerprint density at radius 2 is 1.75 bits per heavy atom. The van der Waals surface area contributed by atoms with Gasteiger partial charge in [-0.3, -0.25) is 4.79 Å². The maximum Gasteiger partial charge on any atom is 0.163 e. The van der Waals surface area contributed by atoms with Gasteiger partial charge < -0.3 is 10.1 Å². The Balaban J connectivity index is 1.39. The van der Waals surface area contributed by atoms with Crippen molar-refractivity contribution in [3.63, 3.8) is 0 Å². The molecular weight excluding hydrogens is 470 g/mol. The highest BCUT2D eigenvalue weighted by Gasteiger charge is 2.37. The first-order valence-corrected chi connectivity index (χ1v) is 12.6. The van der Waals surface area contributed by atoms with Crippen molar-refractivity contribution in [2.75, 3.05) is 5.32 Å². The van der Waals surface area contributed by atoms with Crippen LogP contribution in [0.1, 0.15) is 42.1 Å². The van der Waals surface area contributed by atoms with Gasteiger partial charge in [0.1, 0.15) is 24.2 Å². The summed E-state index contributed by atoms with van der Waals surface area (Å²) in [4.78, 5) is 13.2. The van der Waals surface area contributed by atoms with Gasteiger partial charge in [-0.1, -0.05) is 66.2 Å². The molecule has 0 radical (unpaired) electrons. The van der Waals surface area contributed by atoms with Crippen LogP contribution in [0.3, 0.4) is 0 Å². The van der Waals surface area contributed by atoms with Gasteiger partial charge in [0.05, 0.1) is 5.69 Å². The highest BCUT2D eigenvalue weighted by Crippen LogP contribution is 2.45. The zero-order valence-electron chi connectivity index (χ0n) is 20.0. The van der Waals surface area contributed by atoms with Crippen LogP contribution in [0.25, 0.3) is 11.1 Å². The summed E-state index contributed by atoms with van der Waals surface area (Å²) in [5, 5.41) is 9.21. The summed E-state index contributed by atoms with van der Waals surface area (Å²) in [5.74, 6) is 1.89. The molecule has 0 saturated heterocycles. The van der Waals surface area contributed by atoms with Crippen LogP contribution in [-0.4, -0.2) is 15.6 Å². The molecule has 0 amide bonds. The number of anilines is 1. The molecule has 0 fully saturated rings. The van der Waals surface area contributed by atoms with E-state index in [1.165, 1.54) is 0 Å². The third kappa shape index (κ3) is 4.10. The number of allylic oxidation sites excluding steroid dienone is 2. The quantitative estimate of drug-likeness (QED) is 0.320. The molecule has 1 aliphatic carbocycles. The minimum atomic E-state index is -0.285. The number of rotatable bonds is 5. The summed E-state index contributed by atoms with van der Waals surface area (Å²) in [6, 6.07) is 25.7. The molecule has 0 spiro atoms. The van der Waals surface area contributed by atoms with E-state index in [0.29, 0.717) is 18.1 Å². The number of ketones is 1. The van der Waals surface area contributed by atoms with Gasteiger partial charge in [0, 0.05) is 28.3 Å². The average molecular weight is 496 g/mol. The van der Waals surface area contributed by atoms with Crippen LogP contribution in [0.2, 0.25) is 5.02 Å².